The van der Waals surface area contributed by atoms with Crippen LogP contribution in [0.1, 0.15) is 64.5 Å². The summed E-state index contributed by atoms with van der Waals surface area (Å²) in [5.74, 6) is 1.00. The zero-order valence-electron chi connectivity index (χ0n) is 15.9. The van der Waals surface area contributed by atoms with Gasteiger partial charge in [-0.25, -0.2) is 4.98 Å². The van der Waals surface area contributed by atoms with Crippen molar-refractivity contribution >= 4 is 11.7 Å². The van der Waals surface area contributed by atoms with E-state index in [0.717, 1.165) is 50.3 Å². The number of hydrogen-bond donors (Lipinski definition) is 2. The van der Waals surface area contributed by atoms with Crippen molar-refractivity contribution in [1.29, 1.82) is 0 Å². The number of pyridine rings is 1. The Balaban J connectivity index is 1.82. The van der Waals surface area contributed by atoms with Gasteiger partial charge in [0.25, 0.3) is 0 Å². The number of aromatic nitrogens is 1. The van der Waals surface area contributed by atoms with Crippen LogP contribution in [0.2, 0.25) is 0 Å². The Morgan fingerprint density at radius 2 is 1.92 bits per heavy atom. The number of rotatable bonds is 8. The smallest absolute Gasteiger partial charge is 0.223 e. The number of amides is 1. The molecular weight excluding hydrogens is 314 g/mol. The summed E-state index contributed by atoms with van der Waals surface area (Å²) < 4.78 is 0. The van der Waals surface area contributed by atoms with Crippen molar-refractivity contribution in [3.8, 4) is 0 Å². The van der Waals surface area contributed by atoms with Crippen LogP contribution in [0.3, 0.4) is 0 Å². The van der Waals surface area contributed by atoms with E-state index in [1.807, 2.05) is 39.0 Å². The molecule has 1 aliphatic rings. The molecule has 0 spiro atoms. The van der Waals surface area contributed by atoms with Crippen molar-refractivity contribution in [2.24, 2.45) is 0 Å². The predicted molar refractivity (Wildman–Crippen MR) is 102 cm³/mol. The molecule has 1 aromatic heterocycles. The number of anilines is 1. The molecule has 0 radical (unpaired) electrons. The Bertz CT molecular complexity index is 548. The first-order valence-corrected chi connectivity index (χ1v) is 9.66. The Hall–Kier alpha value is -1.62. The highest BCUT2D eigenvalue weighted by molar-refractivity contribution is 5.77. The Morgan fingerprint density at radius 3 is 2.48 bits per heavy atom. The highest BCUT2D eigenvalue weighted by Gasteiger charge is 2.29. The van der Waals surface area contributed by atoms with Gasteiger partial charge in [0, 0.05) is 24.8 Å². The van der Waals surface area contributed by atoms with Crippen LogP contribution in [0.25, 0.3) is 0 Å². The van der Waals surface area contributed by atoms with Crippen LogP contribution in [0.5, 0.6) is 0 Å². The molecule has 1 fully saturated rings. The summed E-state index contributed by atoms with van der Waals surface area (Å²) in [5, 5.41) is 13.8. The van der Waals surface area contributed by atoms with Crippen LogP contribution < -0.4 is 10.2 Å². The lowest BCUT2D eigenvalue weighted by molar-refractivity contribution is -0.127. The van der Waals surface area contributed by atoms with E-state index in [2.05, 4.69) is 15.2 Å². The van der Waals surface area contributed by atoms with Gasteiger partial charge in [0.1, 0.15) is 5.82 Å². The monoisotopic (exact) mass is 347 g/mol. The number of nitrogens with zero attached hydrogens (tertiary/aromatic N) is 2. The van der Waals surface area contributed by atoms with Crippen LogP contribution >= 0.6 is 0 Å². The van der Waals surface area contributed by atoms with Gasteiger partial charge in [-0.05, 0) is 44.7 Å². The molecule has 2 rings (SSSR count). The Labute approximate surface area is 151 Å². The van der Waals surface area contributed by atoms with Gasteiger partial charge in [-0.1, -0.05) is 32.8 Å². The summed E-state index contributed by atoms with van der Waals surface area (Å²) >= 11 is 0. The van der Waals surface area contributed by atoms with Crippen molar-refractivity contribution in [2.45, 2.75) is 77.4 Å². The maximum absolute atomic E-state index is 12.4. The highest BCUT2D eigenvalue weighted by Crippen LogP contribution is 2.24. The van der Waals surface area contributed by atoms with Crippen molar-refractivity contribution in [3.05, 3.63) is 23.9 Å². The minimum Gasteiger partial charge on any atom is -0.389 e. The Morgan fingerprint density at radius 1 is 1.28 bits per heavy atom. The van der Waals surface area contributed by atoms with Gasteiger partial charge in [-0.2, -0.15) is 0 Å². The molecule has 5 heteroatoms. The second-order valence-electron chi connectivity index (χ2n) is 7.37. The number of aliphatic hydroxyl groups is 1. The van der Waals surface area contributed by atoms with Crippen molar-refractivity contribution in [3.63, 3.8) is 0 Å². The molecule has 0 atom stereocenters. The average molecular weight is 348 g/mol. The lowest BCUT2D eigenvalue weighted by atomic mass is 9.89. The maximum Gasteiger partial charge on any atom is 0.223 e. The normalized spacial score (nSPS) is 16.1. The van der Waals surface area contributed by atoms with Gasteiger partial charge >= 0.3 is 0 Å². The number of piperidine rings is 1. The van der Waals surface area contributed by atoms with Gasteiger partial charge in [0.15, 0.2) is 0 Å². The third kappa shape index (κ3) is 5.99. The number of aryl methyl sites for hydroxylation is 1. The third-order valence-corrected chi connectivity index (χ3v) is 4.98. The molecule has 0 saturated carbocycles. The molecule has 140 valence electrons. The lowest BCUT2D eigenvalue weighted by Gasteiger charge is -2.34. The van der Waals surface area contributed by atoms with E-state index in [4.69, 9.17) is 0 Å². The third-order valence-electron chi connectivity index (χ3n) is 4.98. The topological polar surface area (TPSA) is 65.5 Å². The maximum atomic E-state index is 12.4. The highest BCUT2D eigenvalue weighted by atomic mass is 16.3. The van der Waals surface area contributed by atoms with Gasteiger partial charge in [0.2, 0.25) is 5.91 Å². The molecule has 1 aromatic rings. The van der Waals surface area contributed by atoms with Crippen molar-refractivity contribution in [1.82, 2.24) is 10.3 Å². The van der Waals surface area contributed by atoms with E-state index in [9.17, 15) is 9.90 Å². The van der Waals surface area contributed by atoms with E-state index in [1.165, 1.54) is 0 Å². The van der Waals surface area contributed by atoms with Gasteiger partial charge in [0.05, 0.1) is 12.0 Å². The summed E-state index contributed by atoms with van der Waals surface area (Å²) in [6.07, 6.45) is 5.21. The zero-order chi connectivity index (χ0) is 18.3. The van der Waals surface area contributed by atoms with E-state index in [-0.39, 0.29) is 18.4 Å². The average Bonchev–Trinajstić information content (AvgIpc) is 2.55. The molecule has 0 bridgehead atoms. The number of hydrogen-bond acceptors (Lipinski definition) is 4. The first-order chi connectivity index (χ1) is 12.0. The molecule has 25 heavy (non-hydrogen) atoms. The summed E-state index contributed by atoms with van der Waals surface area (Å²) in [5.41, 5.74) is 0.179. The van der Waals surface area contributed by atoms with Crippen LogP contribution in [0.15, 0.2) is 18.2 Å². The molecule has 5 nitrogen and oxygen atoms in total. The number of carbonyl (C=O) groups excluding carboxylic acids is 1. The Kier molecular flexibility index (Phi) is 7.24. The number of carbonyl (C=O) groups is 1. The fourth-order valence-electron chi connectivity index (χ4n) is 3.77. The molecule has 2 N–H and O–H groups in total. The van der Waals surface area contributed by atoms with Crippen molar-refractivity contribution in [2.75, 3.05) is 18.0 Å². The van der Waals surface area contributed by atoms with E-state index in [1.54, 1.807) is 0 Å². The van der Waals surface area contributed by atoms with E-state index < -0.39 is 5.60 Å². The molecule has 0 aromatic carbocycles. The molecule has 0 unspecified atom stereocenters. The van der Waals surface area contributed by atoms with Crippen LogP contribution in [0, 0.1) is 6.92 Å². The quantitative estimate of drug-likeness (QED) is 0.758. The van der Waals surface area contributed by atoms with Gasteiger partial charge < -0.3 is 15.3 Å². The minimum absolute atomic E-state index is 0.0171. The van der Waals surface area contributed by atoms with Crippen LogP contribution in [0.4, 0.5) is 5.82 Å². The summed E-state index contributed by atoms with van der Waals surface area (Å²) in [7, 11) is 0. The second kappa shape index (κ2) is 9.18. The molecule has 1 aliphatic heterocycles. The summed E-state index contributed by atoms with van der Waals surface area (Å²) in [6, 6.07) is 6.28. The molecule has 1 saturated heterocycles. The minimum atomic E-state index is -0.847. The first-order valence-electron chi connectivity index (χ1n) is 9.66. The molecule has 2 heterocycles. The molecule has 1 amide bonds. The zero-order valence-corrected chi connectivity index (χ0v) is 15.9. The largest absolute Gasteiger partial charge is 0.389 e. The number of nitrogens with one attached hydrogen (secondary N) is 1. The van der Waals surface area contributed by atoms with Crippen LogP contribution in [-0.2, 0) is 4.79 Å². The van der Waals surface area contributed by atoms with E-state index in [0.29, 0.717) is 12.8 Å². The molecular formula is C20H33N3O2. The van der Waals surface area contributed by atoms with E-state index >= 15 is 0 Å². The SMILES string of the molecule is CCCC(O)(CCC)CC(=O)NC1CCN(c2cccc(C)n2)CC1. The predicted octanol–water partition coefficient (Wildman–Crippen LogP) is 3.20. The lowest BCUT2D eigenvalue weighted by Crippen LogP contribution is -2.47. The standard InChI is InChI=1S/C20H33N3O2/c1-4-11-20(25,12-5-2)15-19(24)22-17-9-13-23(14-10-17)18-8-6-7-16(3)21-18/h6-8,17,25H,4-5,9-15H2,1-3H3,(H,22,24). The summed E-state index contributed by atoms with van der Waals surface area (Å²) in [4.78, 5) is 19.2. The first kappa shape index (κ1) is 19.7. The van der Waals surface area contributed by atoms with Crippen LogP contribution in [-0.4, -0.2) is 40.7 Å². The second-order valence-corrected chi connectivity index (χ2v) is 7.37. The fraction of sp³-hybridized carbons (Fsp3) is 0.700. The van der Waals surface area contributed by atoms with Gasteiger partial charge in [-0.3, -0.25) is 4.79 Å². The summed E-state index contributed by atoms with van der Waals surface area (Å²) in [6.45, 7) is 7.90. The van der Waals surface area contributed by atoms with Crippen molar-refractivity contribution < 1.29 is 9.90 Å². The fourth-order valence-corrected chi connectivity index (χ4v) is 3.77. The molecule has 0 aliphatic carbocycles. The van der Waals surface area contributed by atoms with Gasteiger partial charge in [-0.15, -0.1) is 0 Å².